The SMILES string of the molecule is COc1ccc2ncc(F)c(CCN3CCC(C(C)(C)NCc4cc5c(cn4)OCCO5)C3)c2n1. The number of aromatic nitrogens is 3. The minimum Gasteiger partial charge on any atom is -0.486 e. The summed E-state index contributed by atoms with van der Waals surface area (Å²) in [6.45, 7) is 8.97. The summed E-state index contributed by atoms with van der Waals surface area (Å²) in [5.41, 5.74) is 2.71. The Morgan fingerprint density at radius 3 is 2.83 bits per heavy atom. The monoisotopic (exact) mass is 481 g/mol. The molecule has 1 unspecified atom stereocenters. The third kappa shape index (κ3) is 5.16. The van der Waals surface area contributed by atoms with Gasteiger partial charge in [0.05, 0.1) is 36.2 Å². The molecule has 0 spiro atoms. The van der Waals surface area contributed by atoms with E-state index in [1.807, 2.05) is 12.1 Å². The molecule has 1 fully saturated rings. The van der Waals surface area contributed by atoms with Crippen molar-refractivity contribution < 1.29 is 18.6 Å². The van der Waals surface area contributed by atoms with Crippen molar-refractivity contribution >= 4 is 11.0 Å². The van der Waals surface area contributed by atoms with E-state index in [0.29, 0.717) is 60.3 Å². The summed E-state index contributed by atoms with van der Waals surface area (Å²) in [7, 11) is 1.56. The topological polar surface area (TPSA) is 81.6 Å². The quantitative estimate of drug-likeness (QED) is 0.525. The lowest BCUT2D eigenvalue weighted by Gasteiger charge is -2.33. The van der Waals surface area contributed by atoms with Gasteiger partial charge >= 0.3 is 0 Å². The van der Waals surface area contributed by atoms with E-state index in [9.17, 15) is 4.39 Å². The lowest BCUT2D eigenvalue weighted by Crippen LogP contribution is -2.46. The highest BCUT2D eigenvalue weighted by Gasteiger charge is 2.35. The number of likely N-dealkylation sites (tertiary alicyclic amines) is 1. The summed E-state index contributed by atoms with van der Waals surface area (Å²) in [5.74, 6) is 2.08. The van der Waals surface area contributed by atoms with E-state index in [4.69, 9.17) is 14.2 Å². The third-order valence-electron chi connectivity index (χ3n) is 7.13. The Kier molecular flexibility index (Phi) is 6.71. The minimum absolute atomic E-state index is 0.0762. The van der Waals surface area contributed by atoms with Crippen molar-refractivity contribution in [3.63, 3.8) is 0 Å². The number of nitrogens with one attached hydrogen (secondary N) is 1. The summed E-state index contributed by atoms with van der Waals surface area (Å²) in [6, 6.07) is 5.52. The van der Waals surface area contributed by atoms with Gasteiger partial charge in [0, 0.05) is 42.9 Å². The standard InChI is InChI=1S/C26H32FN5O3/c1-26(2,30-13-18-12-22-23(15-28-18)35-11-10-34-22)17-6-8-32(16-17)9-7-19-20(27)14-29-21-4-5-24(33-3)31-25(19)21/h4-5,12,14-15,17,30H,6-11,13,16H2,1-3H3. The largest absolute Gasteiger partial charge is 0.486 e. The molecule has 0 radical (unpaired) electrons. The molecule has 0 bridgehead atoms. The number of halogens is 1. The highest BCUT2D eigenvalue weighted by molar-refractivity contribution is 5.78. The van der Waals surface area contributed by atoms with Crippen LogP contribution < -0.4 is 19.5 Å². The van der Waals surface area contributed by atoms with Crippen LogP contribution in [0.2, 0.25) is 0 Å². The molecule has 9 heteroatoms. The van der Waals surface area contributed by atoms with E-state index >= 15 is 0 Å². The Bertz CT molecular complexity index is 1210. The summed E-state index contributed by atoms with van der Waals surface area (Å²) in [5, 5.41) is 3.69. The van der Waals surface area contributed by atoms with E-state index in [1.54, 1.807) is 19.4 Å². The second-order valence-corrected chi connectivity index (χ2v) is 9.74. The van der Waals surface area contributed by atoms with Crippen molar-refractivity contribution in [1.29, 1.82) is 0 Å². The summed E-state index contributed by atoms with van der Waals surface area (Å²) < 4.78 is 31.1. The number of methoxy groups -OCH3 is 1. The van der Waals surface area contributed by atoms with Crippen LogP contribution in [0.15, 0.2) is 30.6 Å². The molecule has 8 nitrogen and oxygen atoms in total. The van der Waals surface area contributed by atoms with E-state index in [0.717, 1.165) is 37.5 Å². The molecule has 3 aromatic rings. The fourth-order valence-electron chi connectivity index (χ4n) is 4.87. The molecular formula is C26H32FN5O3. The van der Waals surface area contributed by atoms with Gasteiger partial charge in [0.15, 0.2) is 11.5 Å². The lowest BCUT2D eigenvalue weighted by atomic mass is 9.86. The smallest absolute Gasteiger partial charge is 0.213 e. The van der Waals surface area contributed by atoms with Crippen LogP contribution in [0.1, 0.15) is 31.5 Å². The molecule has 0 saturated carbocycles. The van der Waals surface area contributed by atoms with Crippen molar-refractivity contribution in [2.24, 2.45) is 5.92 Å². The Morgan fingerprint density at radius 1 is 1.17 bits per heavy atom. The molecule has 3 aromatic heterocycles. The fraction of sp³-hybridized carbons (Fsp3) is 0.500. The van der Waals surface area contributed by atoms with Crippen LogP contribution in [0.5, 0.6) is 17.4 Å². The minimum atomic E-state index is -0.317. The van der Waals surface area contributed by atoms with Gasteiger partial charge in [-0.1, -0.05) is 0 Å². The predicted octanol–water partition coefficient (Wildman–Crippen LogP) is 3.38. The second-order valence-electron chi connectivity index (χ2n) is 9.74. The number of rotatable bonds is 8. The molecule has 1 atom stereocenters. The van der Waals surface area contributed by atoms with E-state index < -0.39 is 0 Å². The number of fused-ring (bicyclic) bond motifs is 2. The maximum absolute atomic E-state index is 14.7. The molecule has 2 aliphatic rings. The van der Waals surface area contributed by atoms with Gasteiger partial charge in [0.25, 0.3) is 0 Å². The highest BCUT2D eigenvalue weighted by atomic mass is 19.1. The molecule has 1 N–H and O–H groups in total. The van der Waals surface area contributed by atoms with Gasteiger partial charge in [-0.2, -0.15) is 0 Å². The Labute approximate surface area is 204 Å². The van der Waals surface area contributed by atoms with Crippen LogP contribution in [0.25, 0.3) is 11.0 Å². The predicted molar refractivity (Wildman–Crippen MR) is 130 cm³/mol. The maximum Gasteiger partial charge on any atom is 0.213 e. The van der Waals surface area contributed by atoms with E-state index in [1.165, 1.54) is 6.20 Å². The molecule has 0 amide bonds. The highest BCUT2D eigenvalue weighted by Crippen LogP contribution is 2.31. The zero-order chi connectivity index (χ0) is 24.4. The van der Waals surface area contributed by atoms with Gasteiger partial charge < -0.3 is 24.4 Å². The zero-order valence-corrected chi connectivity index (χ0v) is 20.5. The van der Waals surface area contributed by atoms with E-state index in [-0.39, 0.29) is 11.4 Å². The molecule has 5 rings (SSSR count). The summed E-state index contributed by atoms with van der Waals surface area (Å²) >= 11 is 0. The Balaban J connectivity index is 1.19. The van der Waals surface area contributed by atoms with Crippen LogP contribution in [-0.4, -0.2) is 65.3 Å². The molecule has 0 aromatic carbocycles. The Hall–Kier alpha value is -3.04. The average molecular weight is 482 g/mol. The fourth-order valence-corrected chi connectivity index (χ4v) is 4.87. The van der Waals surface area contributed by atoms with E-state index in [2.05, 4.69) is 39.0 Å². The first-order valence-electron chi connectivity index (χ1n) is 12.1. The number of nitrogens with zero attached hydrogens (tertiary/aromatic N) is 4. The van der Waals surface area contributed by atoms with Crippen molar-refractivity contribution in [2.75, 3.05) is 40.0 Å². The zero-order valence-electron chi connectivity index (χ0n) is 20.5. The van der Waals surface area contributed by atoms with Gasteiger partial charge in [-0.15, -0.1) is 0 Å². The van der Waals surface area contributed by atoms with Crippen LogP contribution in [-0.2, 0) is 13.0 Å². The van der Waals surface area contributed by atoms with Gasteiger partial charge in [-0.3, -0.25) is 9.97 Å². The van der Waals surface area contributed by atoms with Crippen LogP contribution >= 0.6 is 0 Å². The van der Waals surface area contributed by atoms with Crippen molar-refractivity contribution in [2.45, 2.75) is 38.8 Å². The first-order valence-corrected chi connectivity index (χ1v) is 12.1. The van der Waals surface area contributed by atoms with Gasteiger partial charge in [-0.25, -0.2) is 9.37 Å². The van der Waals surface area contributed by atoms with Crippen molar-refractivity contribution in [3.8, 4) is 17.4 Å². The van der Waals surface area contributed by atoms with Crippen LogP contribution in [0.4, 0.5) is 4.39 Å². The molecule has 2 aliphatic heterocycles. The molecular weight excluding hydrogens is 449 g/mol. The first-order chi connectivity index (χ1) is 16.9. The van der Waals surface area contributed by atoms with Crippen LogP contribution in [0, 0.1) is 11.7 Å². The van der Waals surface area contributed by atoms with Crippen molar-refractivity contribution in [1.82, 2.24) is 25.2 Å². The normalized spacial score (nSPS) is 18.2. The molecule has 35 heavy (non-hydrogen) atoms. The number of pyridine rings is 3. The molecule has 186 valence electrons. The number of ether oxygens (including phenoxy) is 3. The second kappa shape index (κ2) is 9.91. The summed E-state index contributed by atoms with van der Waals surface area (Å²) in [4.78, 5) is 15.5. The number of hydrogen-bond donors (Lipinski definition) is 1. The van der Waals surface area contributed by atoms with Gasteiger partial charge in [0.2, 0.25) is 5.88 Å². The summed E-state index contributed by atoms with van der Waals surface area (Å²) in [6.07, 6.45) is 4.69. The molecule has 1 saturated heterocycles. The lowest BCUT2D eigenvalue weighted by molar-refractivity contribution is 0.170. The van der Waals surface area contributed by atoms with Crippen LogP contribution in [0.3, 0.4) is 0 Å². The maximum atomic E-state index is 14.7. The van der Waals surface area contributed by atoms with Gasteiger partial charge in [0.1, 0.15) is 19.0 Å². The number of hydrogen-bond acceptors (Lipinski definition) is 8. The average Bonchev–Trinajstić information content (AvgIpc) is 3.36. The molecule has 5 heterocycles. The molecule has 0 aliphatic carbocycles. The third-order valence-corrected chi connectivity index (χ3v) is 7.13. The first kappa shape index (κ1) is 23.7. The van der Waals surface area contributed by atoms with Crippen molar-refractivity contribution in [3.05, 3.63) is 47.7 Å². The Morgan fingerprint density at radius 2 is 2.00 bits per heavy atom. The van der Waals surface area contributed by atoms with Gasteiger partial charge in [-0.05, 0) is 45.2 Å².